The molecule has 0 aliphatic rings. The summed E-state index contributed by atoms with van der Waals surface area (Å²) >= 11 is 1.09. The molecule has 2 aromatic carbocycles. The zero-order valence-corrected chi connectivity index (χ0v) is 17.1. The number of benzene rings is 2. The molecule has 152 valence electrons. The number of nitrogens with one attached hydrogen (secondary N) is 1. The van der Waals surface area contributed by atoms with Crippen LogP contribution in [0.3, 0.4) is 0 Å². The average molecular weight is 422 g/mol. The number of imide groups is 1. The third-order valence-electron chi connectivity index (χ3n) is 4.60. The number of hydrogen-bond acceptors (Lipinski definition) is 6. The number of amides is 3. The van der Waals surface area contributed by atoms with Crippen LogP contribution in [0.5, 0.6) is 0 Å². The highest BCUT2D eigenvalue weighted by atomic mass is 32.2. The minimum atomic E-state index is -0.916. The number of primary amides is 1. The highest BCUT2D eigenvalue weighted by molar-refractivity contribution is 7.99. The van der Waals surface area contributed by atoms with Crippen molar-refractivity contribution in [2.75, 3.05) is 5.75 Å². The van der Waals surface area contributed by atoms with Gasteiger partial charge in [-0.2, -0.15) is 0 Å². The molecule has 4 aromatic rings. The maximum atomic E-state index is 13.4. The number of hydrogen-bond donors (Lipinski definition) is 2. The Hall–Kier alpha value is -3.66. The highest BCUT2D eigenvalue weighted by Gasteiger charge is 2.19. The Balaban J connectivity index is 1.95. The molecule has 30 heavy (non-hydrogen) atoms. The first-order valence-corrected chi connectivity index (χ1v) is 10.0. The predicted molar refractivity (Wildman–Crippen MR) is 114 cm³/mol. The van der Waals surface area contributed by atoms with Crippen LogP contribution < -0.4 is 16.6 Å². The number of fused-ring (bicyclic) bond motifs is 3. The Morgan fingerprint density at radius 1 is 1.13 bits per heavy atom. The lowest BCUT2D eigenvalue weighted by Crippen LogP contribution is -2.36. The van der Waals surface area contributed by atoms with Gasteiger partial charge in [0.15, 0.2) is 5.16 Å². The summed E-state index contributed by atoms with van der Waals surface area (Å²) in [6.07, 6.45) is 0. The number of thioether (sulfide) groups is 1. The van der Waals surface area contributed by atoms with E-state index < -0.39 is 11.9 Å². The van der Waals surface area contributed by atoms with Crippen LogP contribution in [0.25, 0.3) is 22.4 Å². The second-order valence-electron chi connectivity index (χ2n) is 6.77. The van der Waals surface area contributed by atoms with E-state index in [1.165, 1.54) is 4.57 Å². The van der Waals surface area contributed by atoms with Gasteiger partial charge >= 0.3 is 6.03 Å². The number of aryl methyl sites for hydroxylation is 2. The average Bonchev–Trinajstić information content (AvgIpc) is 3.12. The van der Waals surface area contributed by atoms with Crippen molar-refractivity contribution in [2.45, 2.75) is 19.0 Å². The van der Waals surface area contributed by atoms with Crippen LogP contribution in [0.4, 0.5) is 4.79 Å². The Labute approximate surface area is 174 Å². The molecule has 0 saturated heterocycles. The molecule has 0 aliphatic heterocycles. The molecule has 10 heteroatoms. The fourth-order valence-corrected chi connectivity index (χ4v) is 3.99. The van der Waals surface area contributed by atoms with Crippen molar-refractivity contribution in [3.63, 3.8) is 0 Å². The van der Waals surface area contributed by atoms with E-state index in [0.29, 0.717) is 27.5 Å². The Morgan fingerprint density at radius 3 is 2.67 bits per heavy atom. The van der Waals surface area contributed by atoms with Gasteiger partial charge in [-0.3, -0.25) is 19.3 Å². The Bertz CT molecular complexity index is 1370. The Kier molecular flexibility index (Phi) is 5.00. The number of nitrogens with zero attached hydrogens (tertiary/aromatic N) is 4. The third-order valence-corrected chi connectivity index (χ3v) is 5.52. The van der Waals surface area contributed by atoms with Gasteiger partial charge in [0, 0.05) is 0 Å². The summed E-state index contributed by atoms with van der Waals surface area (Å²) in [5.41, 5.74) is 8.04. The quantitative estimate of drug-likeness (QED) is 0.484. The van der Waals surface area contributed by atoms with E-state index in [9.17, 15) is 14.4 Å². The van der Waals surface area contributed by atoms with E-state index in [1.807, 2.05) is 43.4 Å². The summed E-state index contributed by atoms with van der Waals surface area (Å²) < 4.78 is 3.27. The molecule has 0 saturated carbocycles. The van der Waals surface area contributed by atoms with Crippen LogP contribution in [0.15, 0.2) is 52.4 Å². The van der Waals surface area contributed by atoms with E-state index in [1.54, 1.807) is 22.6 Å². The standard InChI is InChI=1S/C20H18N6O3S/c1-11-7-8-12(2)15(9-11)25-17(28)13-5-3-4-6-14(13)26-19(25)23-24-20(26)30-10-16(27)22-18(21)29/h3-9H,10H2,1-2H3,(H3,21,22,27,29). The molecule has 0 bridgehead atoms. The van der Waals surface area contributed by atoms with Gasteiger partial charge in [0.25, 0.3) is 5.56 Å². The van der Waals surface area contributed by atoms with Crippen LogP contribution in [0, 0.1) is 13.8 Å². The van der Waals surface area contributed by atoms with Crippen LogP contribution in [-0.4, -0.2) is 36.9 Å². The van der Waals surface area contributed by atoms with E-state index >= 15 is 0 Å². The van der Waals surface area contributed by atoms with Gasteiger partial charge in [-0.05, 0) is 43.2 Å². The van der Waals surface area contributed by atoms with E-state index in [4.69, 9.17) is 5.73 Å². The number of para-hydroxylation sites is 1. The van der Waals surface area contributed by atoms with Gasteiger partial charge < -0.3 is 5.73 Å². The van der Waals surface area contributed by atoms with Crippen molar-refractivity contribution >= 4 is 40.4 Å². The minimum absolute atomic E-state index is 0.0827. The molecule has 3 amide bonds. The van der Waals surface area contributed by atoms with Crippen molar-refractivity contribution in [3.8, 4) is 5.69 Å². The largest absolute Gasteiger partial charge is 0.351 e. The molecule has 2 aromatic heterocycles. The molecule has 3 N–H and O–H groups in total. The normalized spacial score (nSPS) is 11.1. The lowest BCUT2D eigenvalue weighted by atomic mass is 10.1. The third kappa shape index (κ3) is 3.41. The molecule has 0 radical (unpaired) electrons. The van der Waals surface area contributed by atoms with Crippen molar-refractivity contribution in [1.82, 2.24) is 24.5 Å². The lowest BCUT2D eigenvalue weighted by molar-refractivity contribution is -0.117. The minimum Gasteiger partial charge on any atom is -0.351 e. The molecular weight excluding hydrogens is 404 g/mol. The number of carbonyl (C=O) groups excluding carboxylic acids is 2. The van der Waals surface area contributed by atoms with E-state index in [-0.39, 0.29) is 11.3 Å². The van der Waals surface area contributed by atoms with Gasteiger partial charge in [-0.15, -0.1) is 10.2 Å². The first-order valence-electron chi connectivity index (χ1n) is 9.05. The number of urea groups is 1. The second kappa shape index (κ2) is 7.64. The molecular formula is C20H18N6O3S. The highest BCUT2D eigenvalue weighted by Crippen LogP contribution is 2.24. The van der Waals surface area contributed by atoms with Crippen LogP contribution in [0.2, 0.25) is 0 Å². The van der Waals surface area contributed by atoms with E-state index in [2.05, 4.69) is 10.2 Å². The van der Waals surface area contributed by atoms with Gasteiger partial charge in [0.2, 0.25) is 11.7 Å². The summed E-state index contributed by atoms with van der Waals surface area (Å²) in [6, 6.07) is 12.1. The summed E-state index contributed by atoms with van der Waals surface area (Å²) in [7, 11) is 0. The molecule has 4 rings (SSSR count). The first kappa shape index (κ1) is 19.6. The van der Waals surface area contributed by atoms with Crippen molar-refractivity contribution < 1.29 is 9.59 Å². The zero-order chi connectivity index (χ0) is 21.4. The number of carbonyl (C=O) groups is 2. The molecule has 0 fully saturated rings. The van der Waals surface area contributed by atoms with Crippen molar-refractivity contribution in [2.24, 2.45) is 5.73 Å². The summed E-state index contributed by atoms with van der Waals surface area (Å²) in [5, 5.41) is 11.4. The molecule has 0 spiro atoms. The summed E-state index contributed by atoms with van der Waals surface area (Å²) in [4.78, 5) is 36.1. The maximum absolute atomic E-state index is 13.4. The van der Waals surface area contributed by atoms with Crippen molar-refractivity contribution in [1.29, 1.82) is 0 Å². The fourth-order valence-electron chi connectivity index (χ4n) is 3.25. The monoisotopic (exact) mass is 422 g/mol. The van der Waals surface area contributed by atoms with Gasteiger partial charge in [0.1, 0.15) is 0 Å². The van der Waals surface area contributed by atoms with Gasteiger partial charge in [-0.25, -0.2) is 9.36 Å². The summed E-state index contributed by atoms with van der Waals surface area (Å²) in [6.45, 7) is 3.88. The van der Waals surface area contributed by atoms with Crippen molar-refractivity contribution in [3.05, 3.63) is 63.9 Å². The van der Waals surface area contributed by atoms with Crippen LogP contribution in [-0.2, 0) is 4.79 Å². The lowest BCUT2D eigenvalue weighted by Gasteiger charge is -2.14. The number of aromatic nitrogens is 4. The molecule has 9 nitrogen and oxygen atoms in total. The van der Waals surface area contributed by atoms with E-state index in [0.717, 1.165) is 22.9 Å². The van der Waals surface area contributed by atoms with Gasteiger partial charge in [-0.1, -0.05) is 36.0 Å². The van der Waals surface area contributed by atoms with Gasteiger partial charge in [0.05, 0.1) is 22.3 Å². The van der Waals surface area contributed by atoms with Crippen LogP contribution >= 0.6 is 11.8 Å². The molecule has 2 heterocycles. The fraction of sp³-hybridized carbons (Fsp3) is 0.150. The molecule has 0 unspecified atom stereocenters. The molecule has 0 aliphatic carbocycles. The smallest absolute Gasteiger partial charge is 0.318 e. The van der Waals surface area contributed by atoms with Crippen LogP contribution in [0.1, 0.15) is 11.1 Å². The Morgan fingerprint density at radius 2 is 1.90 bits per heavy atom. The topological polar surface area (TPSA) is 124 Å². The SMILES string of the molecule is Cc1ccc(C)c(-n2c(=O)c3ccccc3n3c(SCC(=O)NC(N)=O)nnc23)c1. The first-order chi connectivity index (χ1) is 14.4. The predicted octanol–water partition coefficient (Wildman–Crippen LogP) is 1.94. The zero-order valence-electron chi connectivity index (χ0n) is 16.2. The maximum Gasteiger partial charge on any atom is 0.318 e. The molecule has 0 atom stereocenters. The summed E-state index contributed by atoms with van der Waals surface area (Å²) in [5.74, 6) is -0.290. The number of nitrogens with two attached hydrogens (primary N) is 1. The number of rotatable bonds is 4. The second-order valence-corrected chi connectivity index (χ2v) is 7.71.